The molecule has 1 aromatic rings. The number of nitrogens with one attached hydrogen (secondary N) is 1. The zero-order valence-electron chi connectivity index (χ0n) is 12.2. The lowest BCUT2D eigenvalue weighted by molar-refractivity contribution is -0.124. The SMILES string of the molecule is CC[C@H](C)[C@H](N)C(=O)NC(C)CCc1ccccc1. The van der Waals surface area contributed by atoms with Crippen molar-refractivity contribution in [2.45, 2.75) is 52.1 Å². The number of aryl methyl sites for hydroxylation is 1. The van der Waals surface area contributed by atoms with Crippen molar-refractivity contribution in [3.8, 4) is 0 Å². The first-order chi connectivity index (χ1) is 9.04. The van der Waals surface area contributed by atoms with E-state index in [2.05, 4.69) is 24.4 Å². The Morgan fingerprint density at radius 1 is 1.26 bits per heavy atom. The Hall–Kier alpha value is -1.35. The zero-order valence-corrected chi connectivity index (χ0v) is 12.2. The number of benzene rings is 1. The number of amides is 1. The van der Waals surface area contributed by atoms with Crippen molar-refractivity contribution in [1.82, 2.24) is 5.32 Å². The summed E-state index contributed by atoms with van der Waals surface area (Å²) >= 11 is 0. The molecule has 3 nitrogen and oxygen atoms in total. The fourth-order valence-electron chi connectivity index (χ4n) is 1.95. The topological polar surface area (TPSA) is 55.1 Å². The predicted molar refractivity (Wildman–Crippen MR) is 79.8 cm³/mol. The maximum atomic E-state index is 11.9. The van der Waals surface area contributed by atoms with Crippen LogP contribution in [0.4, 0.5) is 0 Å². The molecule has 0 bridgehead atoms. The third kappa shape index (κ3) is 5.43. The summed E-state index contributed by atoms with van der Waals surface area (Å²) in [5.41, 5.74) is 7.22. The average Bonchev–Trinajstić information content (AvgIpc) is 2.44. The van der Waals surface area contributed by atoms with E-state index in [1.54, 1.807) is 0 Å². The van der Waals surface area contributed by atoms with Gasteiger partial charge in [0, 0.05) is 6.04 Å². The standard InChI is InChI=1S/C16H26N2O/c1-4-12(2)15(17)16(19)18-13(3)10-11-14-8-6-5-7-9-14/h5-9,12-13,15H,4,10-11,17H2,1-3H3,(H,18,19)/t12-,13?,15-/m0/s1. The minimum Gasteiger partial charge on any atom is -0.352 e. The molecule has 1 amide bonds. The van der Waals surface area contributed by atoms with Crippen LogP contribution in [0.5, 0.6) is 0 Å². The molecule has 3 N–H and O–H groups in total. The molecule has 19 heavy (non-hydrogen) atoms. The van der Waals surface area contributed by atoms with Crippen molar-refractivity contribution < 1.29 is 4.79 Å². The van der Waals surface area contributed by atoms with Gasteiger partial charge in [-0.25, -0.2) is 0 Å². The molecule has 1 rings (SSSR count). The third-order valence-electron chi connectivity index (χ3n) is 3.66. The first kappa shape index (κ1) is 15.7. The fraction of sp³-hybridized carbons (Fsp3) is 0.562. The Balaban J connectivity index is 2.35. The number of carbonyl (C=O) groups is 1. The van der Waals surface area contributed by atoms with E-state index < -0.39 is 6.04 Å². The molecule has 0 radical (unpaired) electrons. The molecular weight excluding hydrogens is 236 g/mol. The summed E-state index contributed by atoms with van der Waals surface area (Å²) in [6.45, 7) is 6.10. The molecule has 0 fully saturated rings. The van der Waals surface area contributed by atoms with Gasteiger partial charge in [0.1, 0.15) is 0 Å². The number of rotatable bonds is 7. The van der Waals surface area contributed by atoms with Gasteiger partial charge >= 0.3 is 0 Å². The summed E-state index contributed by atoms with van der Waals surface area (Å²) in [6.07, 6.45) is 2.83. The Labute approximate surface area is 116 Å². The van der Waals surface area contributed by atoms with Crippen LogP contribution >= 0.6 is 0 Å². The Kier molecular flexibility index (Phi) is 6.57. The molecule has 106 valence electrons. The molecule has 3 heteroatoms. The van der Waals surface area contributed by atoms with E-state index in [-0.39, 0.29) is 17.9 Å². The highest BCUT2D eigenvalue weighted by atomic mass is 16.2. The number of carbonyl (C=O) groups excluding carboxylic acids is 1. The largest absolute Gasteiger partial charge is 0.352 e. The lowest BCUT2D eigenvalue weighted by Crippen LogP contribution is -2.47. The van der Waals surface area contributed by atoms with Crippen LogP contribution in [0.3, 0.4) is 0 Å². The van der Waals surface area contributed by atoms with Gasteiger partial charge in [-0.2, -0.15) is 0 Å². The van der Waals surface area contributed by atoms with Crippen molar-refractivity contribution in [1.29, 1.82) is 0 Å². The number of hydrogen-bond donors (Lipinski definition) is 2. The van der Waals surface area contributed by atoms with Gasteiger partial charge in [-0.3, -0.25) is 4.79 Å². The second-order valence-electron chi connectivity index (χ2n) is 5.35. The minimum absolute atomic E-state index is 0.0325. The summed E-state index contributed by atoms with van der Waals surface area (Å²) in [5.74, 6) is 0.191. The van der Waals surface area contributed by atoms with Crippen LogP contribution in [0.15, 0.2) is 30.3 Å². The smallest absolute Gasteiger partial charge is 0.237 e. The van der Waals surface area contributed by atoms with E-state index in [0.29, 0.717) is 0 Å². The monoisotopic (exact) mass is 262 g/mol. The normalized spacial score (nSPS) is 15.6. The maximum Gasteiger partial charge on any atom is 0.237 e. The Morgan fingerprint density at radius 3 is 2.47 bits per heavy atom. The number of hydrogen-bond acceptors (Lipinski definition) is 2. The van der Waals surface area contributed by atoms with Crippen molar-refractivity contribution in [3.63, 3.8) is 0 Å². The van der Waals surface area contributed by atoms with E-state index in [4.69, 9.17) is 5.73 Å². The second kappa shape index (κ2) is 7.95. The van der Waals surface area contributed by atoms with Crippen LogP contribution in [0, 0.1) is 5.92 Å². The summed E-state index contributed by atoms with van der Waals surface area (Å²) in [7, 11) is 0. The van der Waals surface area contributed by atoms with Gasteiger partial charge in [0.2, 0.25) is 5.91 Å². The minimum atomic E-state index is -0.399. The molecule has 0 aliphatic rings. The lowest BCUT2D eigenvalue weighted by Gasteiger charge is -2.21. The zero-order chi connectivity index (χ0) is 14.3. The highest BCUT2D eigenvalue weighted by Crippen LogP contribution is 2.07. The Bertz CT molecular complexity index is 378. The second-order valence-corrected chi connectivity index (χ2v) is 5.35. The van der Waals surface area contributed by atoms with Crippen LogP contribution in [-0.4, -0.2) is 18.0 Å². The molecule has 0 aliphatic carbocycles. The van der Waals surface area contributed by atoms with E-state index >= 15 is 0 Å². The molecule has 1 unspecified atom stereocenters. The van der Waals surface area contributed by atoms with E-state index in [1.807, 2.05) is 32.0 Å². The quantitative estimate of drug-likeness (QED) is 0.793. The first-order valence-electron chi connectivity index (χ1n) is 7.14. The highest BCUT2D eigenvalue weighted by Gasteiger charge is 2.20. The van der Waals surface area contributed by atoms with Crippen LogP contribution < -0.4 is 11.1 Å². The van der Waals surface area contributed by atoms with Gasteiger partial charge in [-0.05, 0) is 31.2 Å². The molecule has 0 aliphatic heterocycles. The van der Waals surface area contributed by atoms with Gasteiger partial charge in [0.25, 0.3) is 0 Å². The van der Waals surface area contributed by atoms with Crippen LogP contribution in [0.1, 0.15) is 39.2 Å². The molecule has 0 saturated carbocycles. The maximum absolute atomic E-state index is 11.9. The van der Waals surface area contributed by atoms with Crippen molar-refractivity contribution >= 4 is 5.91 Å². The molecule has 1 aromatic carbocycles. The highest BCUT2D eigenvalue weighted by molar-refractivity contribution is 5.82. The summed E-state index contributed by atoms with van der Waals surface area (Å²) in [5, 5.41) is 3.00. The molecule has 0 saturated heterocycles. The van der Waals surface area contributed by atoms with Crippen LogP contribution in [0.25, 0.3) is 0 Å². The lowest BCUT2D eigenvalue weighted by atomic mass is 9.99. The summed E-state index contributed by atoms with van der Waals surface area (Å²) in [4.78, 5) is 11.9. The molecule has 0 aromatic heterocycles. The molecular formula is C16H26N2O. The van der Waals surface area contributed by atoms with Crippen LogP contribution in [0.2, 0.25) is 0 Å². The Morgan fingerprint density at radius 2 is 1.89 bits per heavy atom. The van der Waals surface area contributed by atoms with Crippen LogP contribution in [-0.2, 0) is 11.2 Å². The van der Waals surface area contributed by atoms with Gasteiger partial charge in [0.05, 0.1) is 6.04 Å². The van der Waals surface area contributed by atoms with E-state index in [1.165, 1.54) is 5.56 Å². The fourth-order valence-corrected chi connectivity index (χ4v) is 1.95. The van der Waals surface area contributed by atoms with E-state index in [9.17, 15) is 4.79 Å². The summed E-state index contributed by atoms with van der Waals surface area (Å²) < 4.78 is 0. The first-order valence-corrected chi connectivity index (χ1v) is 7.14. The molecule has 3 atom stereocenters. The van der Waals surface area contributed by atoms with Gasteiger partial charge in [-0.15, -0.1) is 0 Å². The molecule has 0 spiro atoms. The average molecular weight is 262 g/mol. The van der Waals surface area contributed by atoms with Gasteiger partial charge in [-0.1, -0.05) is 50.6 Å². The van der Waals surface area contributed by atoms with Gasteiger partial charge < -0.3 is 11.1 Å². The van der Waals surface area contributed by atoms with Crippen molar-refractivity contribution in [2.24, 2.45) is 11.7 Å². The van der Waals surface area contributed by atoms with Crippen molar-refractivity contribution in [3.05, 3.63) is 35.9 Å². The summed E-state index contributed by atoms with van der Waals surface area (Å²) in [6, 6.07) is 10.1. The third-order valence-corrected chi connectivity index (χ3v) is 3.66. The van der Waals surface area contributed by atoms with Crippen molar-refractivity contribution in [2.75, 3.05) is 0 Å². The molecule has 0 heterocycles. The van der Waals surface area contributed by atoms with Gasteiger partial charge in [0.15, 0.2) is 0 Å². The van der Waals surface area contributed by atoms with E-state index in [0.717, 1.165) is 19.3 Å². The number of nitrogens with two attached hydrogens (primary N) is 1. The predicted octanol–water partition coefficient (Wildman–Crippen LogP) is 2.50.